The lowest BCUT2D eigenvalue weighted by Gasteiger charge is -2.16. The number of nitrogens with zero attached hydrogens (tertiary/aromatic N) is 1. The van der Waals surface area contributed by atoms with Crippen LogP contribution in [-0.4, -0.2) is 14.1 Å². The molecule has 2 rings (SSSR count). The quantitative estimate of drug-likeness (QED) is 0.899. The molecule has 112 valence electrons. The molecule has 0 heterocycles. The first-order valence-corrected chi connectivity index (χ1v) is 6.92. The number of halogens is 2. The van der Waals surface area contributed by atoms with Gasteiger partial charge in [-0.05, 0) is 30.7 Å². The molecule has 0 spiro atoms. The highest BCUT2D eigenvalue weighted by Crippen LogP contribution is 2.19. The highest BCUT2D eigenvalue weighted by molar-refractivity contribution is 5.46. The molecule has 0 bridgehead atoms. The zero-order valence-electron chi connectivity index (χ0n) is 12.5. The molecule has 2 nitrogen and oxygen atoms in total. The van der Waals surface area contributed by atoms with E-state index in [0.717, 1.165) is 17.3 Å². The van der Waals surface area contributed by atoms with Crippen molar-refractivity contribution in [2.45, 2.75) is 19.5 Å². The molecule has 0 amide bonds. The summed E-state index contributed by atoms with van der Waals surface area (Å²) < 4.78 is 26.9. The van der Waals surface area contributed by atoms with Gasteiger partial charge in [0.1, 0.15) is 0 Å². The fourth-order valence-electron chi connectivity index (χ4n) is 2.15. The molecule has 2 aromatic rings. The summed E-state index contributed by atoms with van der Waals surface area (Å²) in [7, 11) is 3.98. The number of nitrogens with one attached hydrogen (secondary N) is 1. The van der Waals surface area contributed by atoms with Gasteiger partial charge in [0, 0.05) is 37.9 Å². The average molecular weight is 290 g/mol. The third kappa shape index (κ3) is 3.79. The molecule has 0 fully saturated rings. The number of rotatable bonds is 5. The van der Waals surface area contributed by atoms with Crippen LogP contribution in [0.15, 0.2) is 42.5 Å². The number of benzene rings is 2. The topological polar surface area (TPSA) is 15.3 Å². The summed E-state index contributed by atoms with van der Waals surface area (Å²) in [5.41, 5.74) is 2.58. The Morgan fingerprint density at radius 1 is 1.05 bits per heavy atom. The molecule has 1 unspecified atom stereocenters. The van der Waals surface area contributed by atoms with Crippen LogP contribution in [0.2, 0.25) is 0 Å². The highest BCUT2D eigenvalue weighted by Gasteiger charge is 2.13. The normalized spacial score (nSPS) is 12.2. The van der Waals surface area contributed by atoms with E-state index in [-0.39, 0.29) is 6.04 Å². The minimum atomic E-state index is -0.809. The summed E-state index contributed by atoms with van der Waals surface area (Å²) >= 11 is 0. The van der Waals surface area contributed by atoms with Gasteiger partial charge in [-0.3, -0.25) is 0 Å². The summed E-state index contributed by atoms with van der Waals surface area (Å²) in [4.78, 5) is 2.03. The molecule has 4 heteroatoms. The van der Waals surface area contributed by atoms with Crippen LogP contribution in [0, 0.1) is 11.6 Å². The van der Waals surface area contributed by atoms with Crippen molar-refractivity contribution in [1.29, 1.82) is 0 Å². The van der Waals surface area contributed by atoms with E-state index in [4.69, 9.17) is 0 Å². The van der Waals surface area contributed by atoms with Crippen LogP contribution in [0.25, 0.3) is 0 Å². The van der Waals surface area contributed by atoms with Crippen LogP contribution in [0.1, 0.15) is 24.1 Å². The molecular formula is C17H20F2N2. The first-order chi connectivity index (χ1) is 9.99. The van der Waals surface area contributed by atoms with E-state index < -0.39 is 11.6 Å². The minimum Gasteiger partial charge on any atom is -0.378 e. The summed E-state index contributed by atoms with van der Waals surface area (Å²) in [6.07, 6.45) is 0. The van der Waals surface area contributed by atoms with Crippen molar-refractivity contribution in [3.63, 3.8) is 0 Å². The molecule has 0 aliphatic carbocycles. The molecule has 2 aromatic carbocycles. The monoisotopic (exact) mass is 290 g/mol. The smallest absolute Gasteiger partial charge is 0.163 e. The largest absolute Gasteiger partial charge is 0.378 e. The highest BCUT2D eigenvalue weighted by atomic mass is 19.2. The summed E-state index contributed by atoms with van der Waals surface area (Å²) in [5, 5.41) is 3.21. The van der Waals surface area contributed by atoms with Gasteiger partial charge in [0.15, 0.2) is 11.6 Å². The van der Waals surface area contributed by atoms with Crippen LogP contribution in [0.5, 0.6) is 0 Å². The van der Waals surface area contributed by atoms with Gasteiger partial charge >= 0.3 is 0 Å². The van der Waals surface area contributed by atoms with Gasteiger partial charge in [0.25, 0.3) is 0 Å². The van der Waals surface area contributed by atoms with E-state index in [9.17, 15) is 8.78 Å². The lowest BCUT2D eigenvalue weighted by atomic mass is 10.1. The Morgan fingerprint density at radius 2 is 1.71 bits per heavy atom. The third-order valence-corrected chi connectivity index (χ3v) is 3.51. The Kier molecular flexibility index (Phi) is 4.91. The van der Waals surface area contributed by atoms with Crippen LogP contribution in [0.4, 0.5) is 14.5 Å². The molecule has 0 saturated heterocycles. The SMILES string of the molecule is CC(NCc1ccc(N(C)C)cc1)c1cccc(F)c1F. The van der Waals surface area contributed by atoms with Gasteiger partial charge in [-0.2, -0.15) is 0 Å². The second-order valence-electron chi connectivity index (χ2n) is 5.31. The molecule has 0 saturated carbocycles. The van der Waals surface area contributed by atoms with Gasteiger partial charge in [0.05, 0.1) is 0 Å². The fourth-order valence-corrected chi connectivity index (χ4v) is 2.15. The second kappa shape index (κ2) is 6.68. The Labute approximate surface area is 124 Å². The number of anilines is 1. The second-order valence-corrected chi connectivity index (χ2v) is 5.31. The number of hydrogen-bond donors (Lipinski definition) is 1. The Hall–Kier alpha value is -1.94. The molecule has 0 aliphatic heterocycles. The standard InChI is InChI=1S/C17H20F2N2/c1-12(15-5-4-6-16(18)17(15)19)20-11-13-7-9-14(10-8-13)21(2)3/h4-10,12,20H,11H2,1-3H3. The van der Waals surface area contributed by atoms with Gasteiger partial charge < -0.3 is 10.2 Å². The molecule has 21 heavy (non-hydrogen) atoms. The van der Waals surface area contributed by atoms with Crippen LogP contribution in [-0.2, 0) is 6.54 Å². The van der Waals surface area contributed by atoms with E-state index in [2.05, 4.69) is 5.32 Å². The van der Waals surface area contributed by atoms with Gasteiger partial charge in [-0.25, -0.2) is 8.78 Å². The molecule has 0 aromatic heterocycles. The van der Waals surface area contributed by atoms with Crippen molar-refractivity contribution in [1.82, 2.24) is 5.32 Å². The van der Waals surface area contributed by atoms with Crippen molar-refractivity contribution < 1.29 is 8.78 Å². The predicted molar refractivity (Wildman–Crippen MR) is 82.4 cm³/mol. The Balaban J connectivity index is 2.00. The van der Waals surface area contributed by atoms with E-state index in [0.29, 0.717) is 12.1 Å². The molecule has 0 radical (unpaired) electrons. The van der Waals surface area contributed by atoms with E-state index >= 15 is 0 Å². The predicted octanol–water partition coefficient (Wildman–Crippen LogP) is 3.88. The lowest BCUT2D eigenvalue weighted by molar-refractivity contribution is 0.472. The zero-order valence-corrected chi connectivity index (χ0v) is 12.5. The first-order valence-electron chi connectivity index (χ1n) is 6.92. The average Bonchev–Trinajstić information content (AvgIpc) is 2.48. The molecular weight excluding hydrogens is 270 g/mol. The molecule has 0 aliphatic rings. The Bertz CT molecular complexity index is 594. The van der Waals surface area contributed by atoms with Crippen LogP contribution >= 0.6 is 0 Å². The van der Waals surface area contributed by atoms with Crippen molar-refractivity contribution >= 4 is 5.69 Å². The van der Waals surface area contributed by atoms with E-state index in [1.54, 1.807) is 6.07 Å². The van der Waals surface area contributed by atoms with Crippen molar-refractivity contribution in [3.05, 3.63) is 65.2 Å². The van der Waals surface area contributed by atoms with Crippen molar-refractivity contribution in [2.24, 2.45) is 0 Å². The molecule has 1 N–H and O–H groups in total. The summed E-state index contributed by atoms with van der Waals surface area (Å²) in [5.74, 6) is -1.59. The lowest BCUT2D eigenvalue weighted by Crippen LogP contribution is -2.19. The summed E-state index contributed by atoms with van der Waals surface area (Å²) in [6, 6.07) is 12.1. The maximum absolute atomic E-state index is 13.7. The fraction of sp³-hybridized carbons (Fsp3) is 0.294. The zero-order chi connectivity index (χ0) is 15.4. The van der Waals surface area contributed by atoms with E-state index in [1.807, 2.05) is 50.2 Å². The maximum atomic E-state index is 13.7. The minimum absolute atomic E-state index is 0.255. The maximum Gasteiger partial charge on any atom is 0.163 e. The van der Waals surface area contributed by atoms with Gasteiger partial charge in [0.2, 0.25) is 0 Å². The van der Waals surface area contributed by atoms with Gasteiger partial charge in [-0.1, -0.05) is 24.3 Å². The van der Waals surface area contributed by atoms with Crippen molar-refractivity contribution in [2.75, 3.05) is 19.0 Å². The van der Waals surface area contributed by atoms with Gasteiger partial charge in [-0.15, -0.1) is 0 Å². The molecule has 1 atom stereocenters. The third-order valence-electron chi connectivity index (χ3n) is 3.51. The number of hydrogen-bond acceptors (Lipinski definition) is 2. The van der Waals surface area contributed by atoms with E-state index in [1.165, 1.54) is 6.07 Å². The van der Waals surface area contributed by atoms with Crippen LogP contribution in [0.3, 0.4) is 0 Å². The first kappa shape index (κ1) is 15.4. The van der Waals surface area contributed by atoms with Crippen LogP contribution < -0.4 is 10.2 Å². The van der Waals surface area contributed by atoms with Crippen molar-refractivity contribution in [3.8, 4) is 0 Å². The Morgan fingerprint density at radius 3 is 2.33 bits per heavy atom. The summed E-state index contributed by atoms with van der Waals surface area (Å²) in [6.45, 7) is 2.43.